The lowest BCUT2D eigenvalue weighted by molar-refractivity contribution is 0.171. The van der Waals surface area contributed by atoms with E-state index in [9.17, 15) is 8.42 Å². The van der Waals surface area contributed by atoms with Crippen LogP contribution in [-0.4, -0.2) is 39.4 Å². The Kier molecular flexibility index (Phi) is 3.74. The molecule has 1 aliphatic rings. The number of ether oxygens (including phenoxy) is 2. The van der Waals surface area contributed by atoms with E-state index in [0.29, 0.717) is 24.7 Å². The first-order valence-corrected chi connectivity index (χ1v) is 7.04. The van der Waals surface area contributed by atoms with Crippen molar-refractivity contribution < 1.29 is 23.0 Å². The minimum Gasteiger partial charge on any atom is -0.486 e. The topological polar surface area (TPSA) is 84.9 Å². The molecule has 0 spiro atoms. The monoisotopic (exact) mass is 273 g/mol. The predicted octanol–water partition coefficient (Wildman–Crippen LogP) is 0.117. The van der Waals surface area contributed by atoms with Crippen molar-refractivity contribution >= 4 is 10.0 Å². The van der Waals surface area contributed by atoms with E-state index in [4.69, 9.17) is 14.6 Å². The fourth-order valence-electron chi connectivity index (χ4n) is 1.56. The second-order valence-corrected chi connectivity index (χ2v) is 5.72. The number of fused-ring (bicyclic) bond motifs is 1. The number of hydrogen-bond donors (Lipinski definition) is 2. The number of aliphatic hydroxyl groups excluding tert-OH is 1. The Balaban J connectivity index is 2.28. The van der Waals surface area contributed by atoms with Gasteiger partial charge in [-0.3, -0.25) is 0 Å². The van der Waals surface area contributed by atoms with Gasteiger partial charge in [-0.25, -0.2) is 13.1 Å². The van der Waals surface area contributed by atoms with Gasteiger partial charge in [-0.1, -0.05) is 0 Å². The van der Waals surface area contributed by atoms with Gasteiger partial charge in [0.25, 0.3) is 0 Å². The highest BCUT2D eigenvalue weighted by atomic mass is 32.2. The van der Waals surface area contributed by atoms with E-state index in [-0.39, 0.29) is 11.5 Å². The number of hydrogen-bond acceptors (Lipinski definition) is 5. The van der Waals surface area contributed by atoms with Crippen LogP contribution in [0.3, 0.4) is 0 Å². The minimum absolute atomic E-state index is 0.0899. The molecule has 1 atom stereocenters. The lowest BCUT2D eigenvalue weighted by Gasteiger charge is -2.19. The van der Waals surface area contributed by atoms with Crippen molar-refractivity contribution in [2.24, 2.45) is 0 Å². The number of sulfonamides is 1. The molecule has 0 aliphatic carbocycles. The van der Waals surface area contributed by atoms with Gasteiger partial charge in [-0.2, -0.15) is 0 Å². The van der Waals surface area contributed by atoms with Gasteiger partial charge in [0.1, 0.15) is 13.2 Å². The van der Waals surface area contributed by atoms with Crippen LogP contribution >= 0.6 is 0 Å². The molecule has 0 amide bonds. The largest absolute Gasteiger partial charge is 0.486 e. The summed E-state index contributed by atoms with van der Waals surface area (Å²) in [5, 5.41) is 8.87. The fraction of sp³-hybridized carbons (Fsp3) is 0.455. The molecule has 0 saturated carbocycles. The summed E-state index contributed by atoms with van der Waals surface area (Å²) in [6.07, 6.45) is 0. The molecule has 1 aromatic rings. The van der Waals surface area contributed by atoms with Crippen molar-refractivity contribution in [3.63, 3.8) is 0 Å². The molecule has 0 radical (unpaired) electrons. The number of nitrogens with one attached hydrogen (secondary N) is 1. The fourth-order valence-corrected chi connectivity index (χ4v) is 2.81. The maximum atomic E-state index is 12.0. The molecular formula is C11H15NO5S. The molecule has 0 saturated heterocycles. The highest BCUT2D eigenvalue weighted by molar-refractivity contribution is 7.89. The Labute approximate surface area is 106 Å². The number of benzene rings is 1. The van der Waals surface area contributed by atoms with Gasteiger partial charge in [-0.15, -0.1) is 0 Å². The Morgan fingerprint density at radius 1 is 1.33 bits per heavy atom. The van der Waals surface area contributed by atoms with E-state index in [1.807, 2.05) is 0 Å². The second kappa shape index (κ2) is 5.13. The smallest absolute Gasteiger partial charge is 0.241 e. The number of rotatable bonds is 4. The third-order valence-electron chi connectivity index (χ3n) is 2.45. The molecule has 7 heteroatoms. The average Bonchev–Trinajstić information content (AvgIpc) is 2.37. The van der Waals surface area contributed by atoms with Crippen LogP contribution in [-0.2, 0) is 10.0 Å². The Morgan fingerprint density at radius 3 is 2.67 bits per heavy atom. The zero-order valence-electron chi connectivity index (χ0n) is 9.92. The standard InChI is InChI=1S/C11H15NO5S/c1-8(7-13)12-18(14,15)9-2-3-10-11(6-9)17-5-4-16-10/h2-3,6,8,12-13H,4-5,7H2,1H3/t8-/m0/s1. The normalized spacial score (nSPS) is 16.3. The first-order chi connectivity index (χ1) is 8.53. The molecule has 2 rings (SSSR count). The summed E-state index contributed by atoms with van der Waals surface area (Å²) >= 11 is 0. The molecule has 0 fully saturated rings. The van der Waals surface area contributed by atoms with Crippen LogP contribution in [0.4, 0.5) is 0 Å². The summed E-state index contributed by atoms with van der Waals surface area (Å²) in [6.45, 7) is 2.18. The molecule has 2 N–H and O–H groups in total. The van der Waals surface area contributed by atoms with Crippen molar-refractivity contribution in [3.05, 3.63) is 18.2 Å². The highest BCUT2D eigenvalue weighted by Crippen LogP contribution is 2.32. The van der Waals surface area contributed by atoms with Gasteiger partial charge in [0.2, 0.25) is 10.0 Å². The van der Waals surface area contributed by atoms with E-state index in [1.54, 1.807) is 13.0 Å². The minimum atomic E-state index is -3.65. The van der Waals surface area contributed by atoms with Crippen LogP contribution in [0.5, 0.6) is 11.5 Å². The Morgan fingerprint density at radius 2 is 2.00 bits per heavy atom. The molecule has 1 heterocycles. The molecule has 0 aromatic heterocycles. The summed E-state index contributed by atoms with van der Waals surface area (Å²) in [4.78, 5) is 0.0899. The van der Waals surface area contributed by atoms with Crippen LogP contribution < -0.4 is 14.2 Å². The third kappa shape index (κ3) is 2.74. The van der Waals surface area contributed by atoms with Gasteiger partial charge in [-0.05, 0) is 19.1 Å². The zero-order valence-corrected chi connectivity index (χ0v) is 10.7. The van der Waals surface area contributed by atoms with Crippen molar-refractivity contribution in [3.8, 4) is 11.5 Å². The Bertz CT molecular complexity index is 528. The molecular weight excluding hydrogens is 258 g/mol. The van der Waals surface area contributed by atoms with E-state index in [0.717, 1.165) is 0 Å². The van der Waals surface area contributed by atoms with Crippen LogP contribution in [0, 0.1) is 0 Å². The van der Waals surface area contributed by atoms with Crippen molar-refractivity contribution in [1.29, 1.82) is 0 Å². The lowest BCUT2D eigenvalue weighted by Crippen LogP contribution is -2.35. The van der Waals surface area contributed by atoms with E-state index in [1.165, 1.54) is 12.1 Å². The third-order valence-corrected chi connectivity index (χ3v) is 4.04. The first kappa shape index (κ1) is 13.1. The SMILES string of the molecule is C[C@@H](CO)NS(=O)(=O)c1ccc2c(c1)OCCO2. The summed E-state index contributed by atoms with van der Waals surface area (Å²) in [7, 11) is -3.65. The molecule has 6 nitrogen and oxygen atoms in total. The van der Waals surface area contributed by atoms with Crippen molar-refractivity contribution in [2.75, 3.05) is 19.8 Å². The van der Waals surface area contributed by atoms with E-state index >= 15 is 0 Å². The molecule has 100 valence electrons. The molecule has 0 bridgehead atoms. The predicted molar refractivity (Wildman–Crippen MR) is 64.3 cm³/mol. The van der Waals surface area contributed by atoms with Gasteiger partial charge in [0, 0.05) is 12.1 Å². The van der Waals surface area contributed by atoms with Crippen LogP contribution in [0.2, 0.25) is 0 Å². The molecule has 1 aliphatic heterocycles. The van der Waals surface area contributed by atoms with Crippen LogP contribution in [0.15, 0.2) is 23.1 Å². The van der Waals surface area contributed by atoms with Crippen LogP contribution in [0.25, 0.3) is 0 Å². The van der Waals surface area contributed by atoms with Gasteiger partial charge < -0.3 is 14.6 Å². The van der Waals surface area contributed by atoms with Crippen molar-refractivity contribution in [2.45, 2.75) is 17.9 Å². The van der Waals surface area contributed by atoms with E-state index < -0.39 is 16.1 Å². The van der Waals surface area contributed by atoms with Crippen molar-refractivity contribution in [1.82, 2.24) is 4.72 Å². The first-order valence-electron chi connectivity index (χ1n) is 5.56. The highest BCUT2D eigenvalue weighted by Gasteiger charge is 2.20. The molecule has 0 unspecified atom stereocenters. The molecule has 1 aromatic carbocycles. The number of aliphatic hydroxyl groups is 1. The van der Waals surface area contributed by atoms with Crippen LogP contribution in [0.1, 0.15) is 6.92 Å². The zero-order chi connectivity index (χ0) is 13.2. The average molecular weight is 273 g/mol. The summed E-state index contributed by atoms with van der Waals surface area (Å²) in [5.74, 6) is 0.955. The maximum Gasteiger partial charge on any atom is 0.241 e. The van der Waals surface area contributed by atoms with Gasteiger partial charge >= 0.3 is 0 Å². The van der Waals surface area contributed by atoms with Gasteiger partial charge in [0.15, 0.2) is 11.5 Å². The maximum absolute atomic E-state index is 12.0. The summed E-state index contributed by atoms with van der Waals surface area (Å²) in [6, 6.07) is 3.89. The summed E-state index contributed by atoms with van der Waals surface area (Å²) < 4.78 is 36.9. The molecule has 18 heavy (non-hydrogen) atoms. The second-order valence-electron chi connectivity index (χ2n) is 4.01. The summed E-state index contributed by atoms with van der Waals surface area (Å²) in [5.41, 5.74) is 0. The lowest BCUT2D eigenvalue weighted by atomic mass is 10.3. The Hall–Kier alpha value is -1.31. The quantitative estimate of drug-likeness (QED) is 0.813. The van der Waals surface area contributed by atoms with E-state index in [2.05, 4.69) is 4.72 Å². The van der Waals surface area contributed by atoms with Gasteiger partial charge in [0.05, 0.1) is 11.5 Å².